The summed E-state index contributed by atoms with van der Waals surface area (Å²) in [6.45, 7) is 5.83. The number of β-amino-alcohol motifs (C(OH)–C–C–N with tert-alkyl or cyclic N) is 1. The molecule has 0 aliphatic carbocycles. The van der Waals surface area contributed by atoms with Crippen molar-refractivity contribution in [1.29, 1.82) is 0 Å². The van der Waals surface area contributed by atoms with Gasteiger partial charge in [0.1, 0.15) is 0 Å². The number of likely N-dealkylation sites (tertiary alicyclic amines) is 1. The zero-order valence-corrected chi connectivity index (χ0v) is 9.57. The lowest BCUT2D eigenvalue weighted by molar-refractivity contribution is -0.148. The van der Waals surface area contributed by atoms with Gasteiger partial charge in [-0.05, 0) is 25.8 Å². The van der Waals surface area contributed by atoms with Crippen molar-refractivity contribution in [1.82, 2.24) is 4.90 Å². The molecule has 2 N–H and O–H groups in total. The fraction of sp³-hybridized carbons (Fsp3) is 0.909. The van der Waals surface area contributed by atoms with E-state index in [1.165, 1.54) is 0 Å². The summed E-state index contributed by atoms with van der Waals surface area (Å²) in [4.78, 5) is 13.2. The van der Waals surface area contributed by atoms with Crippen molar-refractivity contribution in [3.63, 3.8) is 0 Å². The van der Waals surface area contributed by atoms with Crippen molar-refractivity contribution in [2.75, 3.05) is 19.6 Å². The van der Waals surface area contributed by atoms with Gasteiger partial charge >= 0.3 is 5.97 Å². The zero-order chi connectivity index (χ0) is 11.5. The summed E-state index contributed by atoms with van der Waals surface area (Å²) in [5.41, 5.74) is -0.576. The molecule has 2 unspecified atom stereocenters. The minimum Gasteiger partial charge on any atom is -0.481 e. The van der Waals surface area contributed by atoms with Crippen LogP contribution in [-0.2, 0) is 4.79 Å². The minimum absolute atomic E-state index is 0.327. The molecule has 0 bridgehead atoms. The molecule has 0 aromatic rings. The van der Waals surface area contributed by atoms with Crippen LogP contribution in [-0.4, -0.2) is 46.8 Å². The smallest absolute Gasteiger partial charge is 0.310 e. The standard InChI is InChI=1S/C11H21NO3/c1-3-9(13)7-12-6-5-11(4-2,8-12)10(14)15/h9,13H,3-8H2,1-2H3,(H,14,15). The Morgan fingerprint density at radius 2 is 2.20 bits per heavy atom. The van der Waals surface area contributed by atoms with Crippen LogP contribution >= 0.6 is 0 Å². The van der Waals surface area contributed by atoms with Gasteiger partial charge in [0.15, 0.2) is 0 Å². The summed E-state index contributed by atoms with van der Waals surface area (Å²) in [5.74, 6) is -0.696. The monoisotopic (exact) mass is 215 g/mol. The first-order valence-electron chi connectivity index (χ1n) is 5.68. The van der Waals surface area contributed by atoms with Gasteiger partial charge in [-0.3, -0.25) is 9.69 Å². The highest BCUT2D eigenvalue weighted by atomic mass is 16.4. The molecule has 2 atom stereocenters. The molecule has 0 saturated carbocycles. The summed E-state index contributed by atoms with van der Waals surface area (Å²) in [7, 11) is 0. The predicted octanol–water partition coefficient (Wildman–Crippen LogP) is 0.944. The first kappa shape index (κ1) is 12.5. The maximum atomic E-state index is 11.2. The summed E-state index contributed by atoms with van der Waals surface area (Å²) in [6, 6.07) is 0. The molecule has 1 rings (SSSR count). The molecule has 0 amide bonds. The van der Waals surface area contributed by atoms with E-state index >= 15 is 0 Å². The third-order valence-corrected chi connectivity index (χ3v) is 3.50. The summed E-state index contributed by atoms with van der Waals surface area (Å²) < 4.78 is 0. The molecule has 15 heavy (non-hydrogen) atoms. The Bertz CT molecular complexity index is 232. The fourth-order valence-electron chi connectivity index (χ4n) is 2.16. The first-order chi connectivity index (χ1) is 7.04. The molecule has 88 valence electrons. The van der Waals surface area contributed by atoms with E-state index in [9.17, 15) is 15.0 Å². The van der Waals surface area contributed by atoms with Crippen LogP contribution in [0.4, 0.5) is 0 Å². The third kappa shape index (κ3) is 2.69. The Balaban J connectivity index is 2.53. The Hall–Kier alpha value is -0.610. The van der Waals surface area contributed by atoms with Crippen LogP contribution in [0.5, 0.6) is 0 Å². The number of rotatable bonds is 5. The molecule has 1 saturated heterocycles. The van der Waals surface area contributed by atoms with Crippen LogP contribution in [0.2, 0.25) is 0 Å². The van der Waals surface area contributed by atoms with E-state index in [4.69, 9.17) is 0 Å². The second-order valence-electron chi connectivity index (χ2n) is 4.49. The first-order valence-corrected chi connectivity index (χ1v) is 5.68. The SMILES string of the molecule is CCC(O)CN1CCC(CC)(C(=O)O)C1. The van der Waals surface area contributed by atoms with Crippen molar-refractivity contribution >= 4 is 5.97 Å². The Labute approximate surface area is 90.9 Å². The van der Waals surface area contributed by atoms with Crippen LogP contribution in [0.3, 0.4) is 0 Å². The summed E-state index contributed by atoms with van der Waals surface area (Å²) >= 11 is 0. The number of aliphatic carboxylic acids is 1. The largest absolute Gasteiger partial charge is 0.481 e. The molecule has 1 fully saturated rings. The topological polar surface area (TPSA) is 60.8 Å². The van der Waals surface area contributed by atoms with Gasteiger partial charge in [0.05, 0.1) is 11.5 Å². The molecule has 0 aromatic carbocycles. The number of carboxylic acid groups (broad SMARTS) is 1. The van der Waals surface area contributed by atoms with Gasteiger partial charge in [-0.2, -0.15) is 0 Å². The molecule has 0 spiro atoms. The molecular formula is C11H21NO3. The lowest BCUT2D eigenvalue weighted by atomic mass is 9.84. The zero-order valence-electron chi connectivity index (χ0n) is 9.57. The van der Waals surface area contributed by atoms with Crippen molar-refractivity contribution in [2.45, 2.75) is 39.2 Å². The van der Waals surface area contributed by atoms with Gasteiger partial charge in [0, 0.05) is 13.1 Å². The van der Waals surface area contributed by atoms with Crippen LogP contribution in [0.15, 0.2) is 0 Å². The van der Waals surface area contributed by atoms with Gasteiger partial charge in [-0.1, -0.05) is 13.8 Å². The van der Waals surface area contributed by atoms with Crippen LogP contribution in [0.25, 0.3) is 0 Å². The lowest BCUT2D eigenvalue weighted by Crippen LogP contribution is -2.36. The van der Waals surface area contributed by atoms with Gasteiger partial charge < -0.3 is 10.2 Å². The molecule has 1 aliphatic rings. The molecular weight excluding hydrogens is 194 g/mol. The number of aliphatic hydroxyl groups excluding tert-OH is 1. The number of nitrogens with zero attached hydrogens (tertiary/aromatic N) is 1. The molecule has 4 nitrogen and oxygen atoms in total. The highest BCUT2D eigenvalue weighted by molar-refractivity contribution is 5.75. The number of carboxylic acids is 1. The number of aliphatic hydroxyl groups is 1. The van der Waals surface area contributed by atoms with E-state index in [0.717, 1.165) is 13.0 Å². The quantitative estimate of drug-likeness (QED) is 0.716. The van der Waals surface area contributed by atoms with Gasteiger partial charge in [-0.25, -0.2) is 0 Å². The Kier molecular flexibility index (Phi) is 4.11. The predicted molar refractivity (Wildman–Crippen MR) is 57.7 cm³/mol. The summed E-state index contributed by atoms with van der Waals surface area (Å²) in [6.07, 6.45) is 1.77. The third-order valence-electron chi connectivity index (χ3n) is 3.50. The maximum Gasteiger partial charge on any atom is 0.310 e. The van der Waals surface area contributed by atoms with Gasteiger partial charge in [0.2, 0.25) is 0 Å². The van der Waals surface area contributed by atoms with E-state index < -0.39 is 11.4 Å². The van der Waals surface area contributed by atoms with E-state index in [0.29, 0.717) is 25.9 Å². The number of carbonyl (C=O) groups is 1. The highest BCUT2D eigenvalue weighted by Gasteiger charge is 2.43. The highest BCUT2D eigenvalue weighted by Crippen LogP contribution is 2.34. The minimum atomic E-state index is -0.696. The van der Waals surface area contributed by atoms with Crippen molar-refractivity contribution in [3.8, 4) is 0 Å². The normalized spacial score (nSPS) is 29.3. The van der Waals surface area contributed by atoms with Crippen LogP contribution < -0.4 is 0 Å². The average molecular weight is 215 g/mol. The van der Waals surface area contributed by atoms with E-state index in [1.54, 1.807) is 0 Å². The average Bonchev–Trinajstić information content (AvgIpc) is 2.62. The van der Waals surface area contributed by atoms with Crippen LogP contribution in [0, 0.1) is 5.41 Å². The van der Waals surface area contributed by atoms with Gasteiger partial charge in [-0.15, -0.1) is 0 Å². The van der Waals surface area contributed by atoms with Crippen molar-refractivity contribution < 1.29 is 15.0 Å². The second-order valence-corrected chi connectivity index (χ2v) is 4.49. The maximum absolute atomic E-state index is 11.2. The van der Waals surface area contributed by atoms with Crippen molar-refractivity contribution in [2.24, 2.45) is 5.41 Å². The van der Waals surface area contributed by atoms with E-state index in [2.05, 4.69) is 4.90 Å². The van der Waals surface area contributed by atoms with Crippen molar-refractivity contribution in [3.05, 3.63) is 0 Å². The summed E-state index contributed by atoms with van der Waals surface area (Å²) in [5, 5.41) is 18.7. The molecule has 1 aliphatic heterocycles. The van der Waals surface area contributed by atoms with Crippen LogP contribution in [0.1, 0.15) is 33.1 Å². The second kappa shape index (κ2) is 4.94. The number of hydrogen-bond acceptors (Lipinski definition) is 3. The fourth-order valence-corrected chi connectivity index (χ4v) is 2.16. The molecule has 0 radical (unpaired) electrons. The van der Waals surface area contributed by atoms with E-state index in [-0.39, 0.29) is 6.10 Å². The molecule has 0 aromatic heterocycles. The number of hydrogen-bond donors (Lipinski definition) is 2. The Morgan fingerprint density at radius 1 is 1.53 bits per heavy atom. The Morgan fingerprint density at radius 3 is 2.60 bits per heavy atom. The molecule has 1 heterocycles. The van der Waals surface area contributed by atoms with Gasteiger partial charge in [0.25, 0.3) is 0 Å². The van der Waals surface area contributed by atoms with E-state index in [1.807, 2.05) is 13.8 Å². The molecule has 4 heteroatoms. The lowest BCUT2D eigenvalue weighted by Gasteiger charge is -2.24.